The second-order valence-corrected chi connectivity index (χ2v) is 7.16. The molecule has 1 atom stereocenters. The van der Waals surface area contributed by atoms with Crippen molar-refractivity contribution >= 4 is 33.7 Å². The van der Waals surface area contributed by atoms with Crippen LogP contribution in [0.1, 0.15) is 12.8 Å². The highest BCUT2D eigenvalue weighted by Gasteiger charge is 2.33. The van der Waals surface area contributed by atoms with Crippen molar-refractivity contribution in [2.45, 2.75) is 25.1 Å². The van der Waals surface area contributed by atoms with Gasteiger partial charge in [0, 0.05) is 48.3 Å². The summed E-state index contributed by atoms with van der Waals surface area (Å²) in [7, 11) is 1.08. The number of aromatic nitrogens is 3. The van der Waals surface area contributed by atoms with Gasteiger partial charge in [0.15, 0.2) is 0 Å². The Balaban J connectivity index is 1.55. The lowest BCUT2D eigenvalue weighted by atomic mass is 10.1. The molecule has 0 radical (unpaired) electrons. The highest BCUT2D eigenvalue weighted by molar-refractivity contribution is 6.10. The van der Waals surface area contributed by atoms with Crippen molar-refractivity contribution in [3.63, 3.8) is 0 Å². The van der Waals surface area contributed by atoms with Gasteiger partial charge in [0.25, 0.3) is 0 Å². The first-order valence-electron chi connectivity index (χ1n) is 9.26. The Morgan fingerprint density at radius 3 is 3.00 bits per heavy atom. The molecule has 1 aliphatic heterocycles. The number of fused-ring (bicyclic) bond motifs is 3. The quantitative estimate of drug-likeness (QED) is 0.717. The van der Waals surface area contributed by atoms with E-state index in [2.05, 4.69) is 15.0 Å². The number of hydrogen-bond acceptors (Lipinski definition) is 5. The zero-order chi connectivity index (χ0) is 20.6. The number of rotatable bonds is 3. The van der Waals surface area contributed by atoms with E-state index in [4.69, 9.17) is 4.74 Å². The number of nitrogens with one attached hydrogen (secondary N) is 1. The fourth-order valence-corrected chi connectivity index (χ4v) is 3.68. The van der Waals surface area contributed by atoms with Gasteiger partial charge in [-0.2, -0.15) is 13.2 Å². The normalized spacial score (nSPS) is 17.7. The van der Waals surface area contributed by atoms with Gasteiger partial charge in [0.2, 0.25) is 0 Å². The van der Waals surface area contributed by atoms with E-state index in [9.17, 15) is 18.0 Å². The first-order chi connectivity index (χ1) is 13.8. The van der Waals surface area contributed by atoms with Crippen LogP contribution in [0.2, 0.25) is 0 Å². The van der Waals surface area contributed by atoms with Gasteiger partial charge < -0.3 is 19.5 Å². The first-order valence-corrected chi connectivity index (χ1v) is 9.26. The van der Waals surface area contributed by atoms with Crippen molar-refractivity contribution in [2.24, 2.45) is 0 Å². The number of amides is 1. The summed E-state index contributed by atoms with van der Waals surface area (Å²) < 4.78 is 42.8. The fourth-order valence-electron chi connectivity index (χ4n) is 3.68. The molecule has 3 aromatic heterocycles. The third kappa shape index (κ3) is 4.06. The SMILES string of the molecule is CN(CC(F)(F)F)C(=O)OC1CCCN(c2nccc3cnc4[nH]ccc4c23)C1. The molecule has 3 aromatic rings. The summed E-state index contributed by atoms with van der Waals surface area (Å²) >= 11 is 0. The zero-order valence-electron chi connectivity index (χ0n) is 15.7. The van der Waals surface area contributed by atoms with Gasteiger partial charge in [0.05, 0.1) is 6.54 Å². The topological polar surface area (TPSA) is 74.3 Å². The molecule has 0 bridgehead atoms. The maximum Gasteiger partial charge on any atom is 0.410 e. The molecule has 0 saturated carbocycles. The molecule has 1 aliphatic rings. The molecule has 1 saturated heterocycles. The smallest absolute Gasteiger partial charge is 0.410 e. The minimum atomic E-state index is -4.46. The standard InChI is InChI=1S/C19H20F3N5O2/c1-26(11-19(20,21)22)18(28)29-13-3-2-8-27(10-13)17-15-12(4-6-24-17)9-25-16-14(15)5-7-23-16/h4-7,9,13H,2-3,8,10-11H2,1H3,(H,23,25). The lowest BCUT2D eigenvalue weighted by molar-refractivity contribution is -0.140. The van der Waals surface area contributed by atoms with Crippen LogP contribution >= 0.6 is 0 Å². The summed E-state index contributed by atoms with van der Waals surface area (Å²) in [5.74, 6) is 0.749. The summed E-state index contributed by atoms with van der Waals surface area (Å²) in [4.78, 5) is 26.6. The van der Waals surface area contributed by atoms with Gasteiger partial charge in [-0.1, -0.05) is 0 Å². The van der Waals surface area contributed by atoms with Crippen LogP contribution in [-0.2, 0) is 4.74 Å². The van der Waals surface area contributed by atoms with E-state index in [1.807, 2.05) is 23.2 Å². The van der Waals surface area contributed by atoms with Crippen LogP contribution in [0.15, 0.2) is 30.7 Å². The minimum absolute atomic E-state index is 0.367. The molecule has 7 nitrogen and oxygen atoms in total. The fraction of sp³-hybridized carbons (Fsp3) is 0.421. The molecule has 154 valence electrons. The van der Waals surface area contributed by atoms with Crippen molar-refractivity contribution in [2.75, 3.05) is 31.6 Å². The van der Waals surface area contributed by atoms with Gasteiger partial charge in [-0.15, -0.1) is 0 Å². The molecule has 10 heteroatoms. The molecule has 4 heterocycles. The zero-order valence-corrected chi connectivity index (χ0v) is 15.7. The minimum Gasteiger partial charge on any atom is -0.444 e. The Labute approximate surface area is 164 Å². The number of carbonyl (C=O) groups is 1. The van der Waals surface area contributed by atoms with Crippen molar-refractivity contribution < 1.29 is 22.7 Å². The molecule has 29 heavy (non-hydrogen) atoms. The van der Waals surface area contributed by atoms with E-state index in [0.717, 1.165) is 41.1 Å². The second-order valence-electron chi connectivity index (χ2n) is 7.16. The van der Waals surface area contributed by atoms with E-state index in [0.29, 0.717) is 24.4 Å². The van der Waals surface area contributed by atoms with Crippen LogP contribution in [0.3, 0.4) is 0 Å². The maximum absolute atomic E-state index is 12.5. The molecule has 4 rings (SSSR count). The highest BCUT2D eigenvalue weighted by Crippen LogP contribution is 2.32. The Bertz CT molecular complexity index is 1040. The number of nitrogens with zero attached hydrogens (tertiary/aromatic N) is 4. The number of alkyl halides is 3. The molecule has 1 unspecified atom stereocenters. The van der Waals surface area contributed by atoms with Crippen LogP contribution in [0.25, 0.3) is 21.8 Å². The monoisotopic (exact) mass is 407 g/mol. The molecule has 1 amide bonds. The summed E-state index contributed by atoms with van der Waals surface area (Å²) in [6.45, 7) is -0.260. The molecule has 0 aliphatic carbocycles. The summed E-state index contributed by atoms with van der Waals surface area (Å²) in [6.07, 6.45) is 0.663. The number of carbonyl (C=O) groups excluding carboxylic acids is 1. The predicted molar refractivity (Wildman–Crippen MR) is 102 cm³/mol. The number of halogens is 3. The van der Waals surface area contributed by atoms with Crippen LogP contribution in [-0.4, -0.2) is 64.9 Å². The number of pyridine rings is 2. The maximum atomic E-state index is 12.5. The molecular formula is C19H20F3N5O2. The van der Waals surface area contributed by atoms with E-state index >= 15 is 0 Å². The van der Waals surface area contributed by atoms with Crippen molar-refractivity contribution in [3.8, 4) is 0 Å². The largest absolute Gasteiger partial charge is 0.444 e. The van der Waals surface area contributed by atoms with E-state index in [1.54, 1.807) is 12.4 Å². The van der Waals surface area contributed by atoms with Crippen LogP contribution in [0.4, 0.5) is 23.8 Å². The van der Waals surface area contributed by atoms with Crippen molar-refractivity contribution in [1.29, 1.82) is 0 Å². The molecule has 0 spiro atoms. The highest BCUT2D eigenvalue weighted by atomic mass is 19.4. The second kappa shape index (κ2) is 7.41. The van der Waals surface area contributed by atoms with Crippen LogP contribution < -0.4 is 4.90 Å². The van der Waals surface area contributed by atoms with E-state index < -0.39 is 24.9 Å². The lowest BCUT2D eigenvalue weighted by Crippen LogP contribution is -2.44. The summed E-state index contributed by atoms with van der Waals surface area (Å²) in [6, 6.07) is 3.81. The lowest BCUT2D eigenvalue weighted by Gasteiger charge is -2.34. The average Bonchev–Trinajstić information content (AvgIpc) is 3.15. The molecular weight excluding hydrogens is 387 g/mol. The molecule has 0 aromatic carbocycles. The molecule has 1 N–H and O–H groups in total. The van der Waals surface area contributed by atoms with Crippen LogP contribution in [0, 0.1) is 0 Å². The third-order valence-electron chi connectivity index (χ3n) is 4.96. The van der Waals surface area contributed by atoms with Crippen molar-refractivity contribution in [1.82, 2.24) is 19.9 Å². The van der Waals surface area contributed by atoms with Gasteiger partial charge >= 0.3 is 12.3 Å². The number of ether oxygens (including phenoxy) is 1. The van der Waals surface area contributed by atoms with Gasteiger partial charge in [-0.3, -0.25) is 0 Å². The number of hydrogen-bond donors (Lipinski definition) is 1. The third-order valence-corrected chi connectivity index (χ3v) is 4.96. The Morgan fingerprint density at radius 2 is 2.21 bits per heavy atom. The first kappa shape index (κ1) is 19.3. The Hall–Kier alpha value is -3.04. The van der Waals surface area contributed by atoms with E-state index in [-0.39, 0.29) is 0 Å². The average molecular weight is 407 g/mol. The van der Waals surface area contributed by atoms with Gasteiger partial charge in [-0.05, 0) is 25.0 Å². The number of anilines is 1. The van der Waals surface area contributed by atoms with Gasteiger partial charge in [-0.25, -0.2) is 14.8 Å². The van der Waals surface area contributed by atoms with Crippen molar-refractivity contribution in [3.05, 3.63) is 30.7 Å². The summed E-state index contributed by atoms with van der Waals surface area (Å²) in [5, 5.41) is 2.82. The predicted octanol–water partition coefficient (Wildman–Crippen LogP) is 3.71. The number of aromatic amines is 1. The van der Waals surface area contributed by atoms with Crippen LogP contribution in [0.5, 0.6) is 0 Å². The molecule has 1 fully saturated rings. The summed E-state index contributed by atoms with van der Waals surface area (Å²) in [5.41, 5.74) is 0.750. The Morgan fingerprint density at radius 1 is 1.38 bits per heavy atom. The van der Waals surface area contributed by atoms with E-state index in [1.165, 1.54) is 0 Å². The Kier molecular flexibility index (Phi) is 4.93. The number of piperidine rings is 1. The number of H-pyrrole nitrogens is 1. The van der Waals surface area contributed by atoms with Gasteiger partial charge in [0.1, 0.15) is 24.1 Å².